The highest BCUT2D eigenvalue weighted by Crippen LogP contribution is 2.14. The third-order valence-corrected chi connectivity index (χ3v) is 10.2. The molecule has 0 N–H and O–H groups in total. The second-order valence-electron chi connectivity index (χ2n) is 16.0. The molecule has 6 nitrogen and oxygen atoms in total. The van der Waals surface area contributed by atoms with Crippen LogP contribution in [0.3, 0.4) is 0 Å². The minimum absolute atomic E-state index is 0.0975. The van der Waals surface area contributed by atoms with Gasteiger partial charge in [-0.3, -0.25) is 14.4 Å². The van der Waals surface area contributed by atoms with Crippen LogP contribution in [0, 0.1) is 0 Å². The van der Waals surface area contributed by atoms with Crippen molar-refractivity contribution < 1.29 is 28.6 Å². The van der Waals surface area contributed by atoms with Gasteiger partial charge in [0.25, 0.3) is 0 Å². The Labute approximate surface area is 363 Å². The van der Waals surface area contributed by atoms with E-state index in [1.165, 1.54) is 116 Å². The number of carbonyl (C=O) groups is 3. The fourth-order valence-electron chi connectivity index (χ4n) is 6.57. The zero-order chi connectivity index (χ0) is 43.0. The summed E-state index contributed by atoms with van der Waals surface area (Å²) >= 11 is 0. The van der Waals surface area contributed by atoms with Crippen molar-refractivity contribution in [1.29, 1.82) is 0 Å². The van der Waals surface area contributed by atoms with Gasteiger partial charge in [-0.1, -0.05) is 209 Å². The average molecular weight is 823 g/mol. The van der Waals surface area contributed by atoms with E-state index in [9.17, 15) is 14.4 Å². The quantitative estimate of drug-likeness (QED) is 0.0264. The molecule has 0 rings (SSSR count). The van der Waals surface area contributed by atoms with E-state index in [4.69, 9.17) is 14.2 Å². The Morgan fingerprint density at radius 1 is 0.373 bits per heavy atom. The van der Waals surface area contributed by atoms with E-state index in [0.29, 0.717) is 12.8 Å². The molecule has 0 saturated heterocycles. The van der Waals surface area contributed by atoms with Gasteiger partial charge in [-0.25, -0.2) is 0 Å². The fraction of sp³-hybridized carbons (Fsp3) is 0.717. The van der Waals surface area contributed by atoms with Crippen LogP contribution in [0.1, 0.15) is 226 Å². The molecule has 1 unspecified atom stereocenters. The molecule has 0 aromatic carbocycles. The van der Waals surface area contributed by atoms with Crippen molar-refractivity contribution in [2.24, 2.45) is 0 Å². The lowest BCUT2D eigenvalue weighted by molar-refractivity contribution is -0.166. The molecule has 59 heavy (non-hydrogen) atoms. The standard InChI is InChI=1S/C53H90O6/c1-4-7-10-13-16-19-21-23-25-26-28-29-31-34-37-40-43-46-52(55)58-49-50(48-57-51(54)45-42-39-36-33-18-15-12-9-6-3)59-53(56)47-44-41-38-35-32-30-27-24-22-20-17-14-11-8-5-2/h8,11,17,20,23-25,27,32,35,41,44,50H,4-7,9-10,12-16,18-19,21-22,26,28-31,33-34,36-40,42-43,45-49H2,1-3H3/b11-8-,20-17-,25-23-,27-24-,35-32-,44-41-. The summed E-state index contributed by atoms with van der Waals surface area (Å²) in [7, 11) is 0. The van der Waals surface area contributed by atoms with Crippen molar-refractivity contribution in [2.45, 2.75) is 232 Å². The van der Waals surface area contributed by atoms with Gasteiger partial charge >= 0.3 is 17.9 Å². The van der Waals surface area contributed by atoms with E-state index >= 15 is 0 Å². The smallest absolute Gasteiger partial charge is 0.310 e. The highest BCUT2D eigenvalue weighted by molar-refractivity contribution is 5.72. The molecule has 0 aliphatic rings. The van der Waals surface area contributed by atoms with Crippen LogP contribution < -0.4 is 0 Å². The Bertz CT molecular complexity index is 1130. The summed E-state index contributed by atoms with van der Waals surface area (Å²) in [5.74, 6) is -1.05. The van der Waals surface area contributed by atoms with E-state index in [1.807, 2.05) is 6.08 Å². The van der Waals surface area contributed by atoms with Crippen LogP contribution in [-0.2, 0) is 28.6 Å². The molecule has 0 bridgehead atoms. The monoisotopic (exact) mass is 823 g/mol. The zero-order valence-electron chi connectivity index (χ0n) is 38.5. The molecule has 6 heteroatoms. The van der Waals surface area contributed by atoms with E-state index in [-0.39, 0.29) is 31.6 Å². The van der Waals surface area contributed by atoms with Crippen LogP contribution in [0.4, 0.5) is 0 Å². The molecular weight excluding hydrogens is 733 g/mol. The summed E-state index contributed by atoms with van der Waals surface area (Å²) in [5, 5.41) is 0. The fourth-order valence-corrected chi connectivity index (χ4v) is 6.57. The van der Waals surface area contributed by atoms with E-state index in [2.05, 4.69) is 81.5 Å². The number of rotatable bonds is 43. The Balaban J connectivity index is 4.46. The molecule has 338 valence electrons. The first kappa shape index (κ1) is 55.9. The maximum atomic E-state index is 12.7. The Morgan fingerprint density at radius 2 is 0.712 bits per heavy atom. The molecule has 0 aromatic rings. The minimum atomic E-state index is -0.827. The Morgan fingerprint density at radius 3 is 1.10 bits per heavy atom. The molecule has 0 aliphatic heterocycles. The van der Waals surface area contributed by atoms with Crippen LogP contribution in [0.25, 0.3) is 0 Å². The van der Waals surface area contributed by atoms with Gasteiger partial charge in [0, 0.05) is 12.8 Å². The van der Waals surface area contributed by atoms with Crippen LogP contribution >= 0.6 is 0 Å². The van der Waals surface area contributed by atoms with Crippen molar-refractivity contribution in [2.75, 3.05) is 13.2 Å². The van der Waals surface area contributed by atoms with Crippen molar-refractivity contribution in [3.8, 4) is 0 Å². The van der Waals surface area contributed by atoms with E-state index in [1.54, 1.807) is 6.08 Å². The molecule has 0 heterocycles. The summed E-state index contributed by atoms with van der Waals surface area (Å²) in [6, 6.07) is 0. The number of unbranched alkanes of at least 4 members (excludes halogenated alkanes) is 21. The lowest BCUT2D eigenvalue weighted by Crippen LogP contribution is -2.30. The van der Waals surface area contributed by atoms with Gasteiger partial charge in [0.15, 0.2) is 6.10 Å². The molecule has 0 amide bonds. The Hall–Kier alpha value is -3.15. The van der Waals surface area contributed by atoms with Crippen molar-refractivity contribution >= 4 is 17.9 Å². The number of hydrogen-bond acceptors (Lipinski definition) is 6. The maximum absolute atomic E-state index is 12.7. The second-order valence-corrected chi connectivity index (χ2v) is 16.0. The third-order valence-electron chi connectivity index (χ3n) is 10.2. The van der Waals surface area contributed by atoms with Gasteiger partial charge in [-0.05, 0) is 70.6 Å². The Kier molecular flexibility index (Phi) is 45.0. The maximum Gasteiger partial charge on any atom is 0.310 e. The van der Waals surface area contributed by atoms with Gasteiger partial charge in [-0.15, -0.1) is 0 Å². The van der Waals surface area contributed by atoms with Crippen molar-refractivity contribution in [3.63, 3.8) is 0 Å². The molecule has 0 aliphatic carbocycles. The highest BCUT2D eigenvalue weighted by Gasteiger charge is 2.19. The molecular formula is C53H90O6. The van der Waals surface area contributed by atoms with Gasteiger partial charge in [0.1, 0.15) is 13.2 Å². The van der Waals surface area contributed by atoms with Crippen LogP contribution in [0.15, 0.2) is 72.9 Å². The number of carbonyl (C=O) groups excluding carboxylic acids is 3. The second kappa shape index (κ2) is 47.5. The largest absolute Gasteiger partial charge is 0.462 e. The highest BCUT2D eigenvalue weighted by atomic mass is 16.6. The van der Waals surface area contributed by atoms with Gasteiger partial charge in [0.2, 0.25) is 0 Å². The predicted molar refractivity (Wildman–Crippen MR) is 251 cm³/mol. The minimum Gasteiger partial charge on any atom is -0.462 e. The molecule has 0 aromatic heterocycles. The predicted octanol–water partition coefficient (Wildman–Crippen LogP) is 15.9. The van der Waals surface area contributed by atoms with Crippen molar-refractivity contribution in [1.82, 2.24) is 0 Å². The third kappa shape index (κ3) is 45.8. The summed E-state index contributed by atoms with van der Waals surface area (Å²) in [6.07, 6.45) is 59.1. The van der Waals surface area contributed by atoms with E-state index < -0.39 is 12.1 Å². The topological polar surface area (TPSA) is 78.9 Å². The molecule has 0 spiro atoms. The molecule has 1 atom stereocenters. The van der Waals surface area contributed by atoms with E-state index in [0.717, 1.165) is 70.6 Å². The first-order valence-electron chi connectivity index (χ1n) is 24.4. The molecule has 0 fully saturated rings. The number of ether oxygens (including phenoxy) is 3. The molecule has 0 radical (unpaired) electrons. The number of esters is 3. The lowest BCUT2D eigenvalue weighted by atomic mass is 10.1. The first-order valence-corrected chi connectivity index (χ1v) is 24.4. The average Bonchev–Trinajstić information content (AvgIpc) is 3.23. The van der Waals surface area contributed by atoms with Gasteiger partial charge in [-0.2, -0.15) is 0 Å². The summed E-state index contributed by atoms with van der Waals surface area (Å²) in [5.41, 5.74) is 0. The first-order chi connectivity index (χ1) is 29.0. The van der Waals surface area contributed by atoms with Gasteiger partial charge < -0.3 is 14.2 Å². The lowest BCUT2D eigenvalue weighted by Gasteiger charge is -2.18. The van der Waals surface area contributed by atoms with Crippen LogP contribution in [0.2, 0.25) is 0 Å². The number of hydrogen-bond donors (Lipinski definition) is 0. The number of allylic oxidation sites excluding steroid dienone is 11. The van der Waals surface area contributed by atoms with Crippen LogP contribution in [0.5, 0.6) is 0 Å². The summed E-state index contributed by atoms with van der Waals surface area (Å²) < 4.78 is 16.6. The zero-order valence-corrected chi connectivity index (χ0v) is 38.5. The van der Waals surface area contributed by atoms with Gasteiger partial charge in [0.05, 0.1) is 6.42 Å². The summed E-state index contributed by atoms with van der Waals surface area (Å²) in [6.45, 7) is 6.40. The normalized spacial score (nSPS) is 12.7. The summed E-state index contributed by atoms with van der Waals surface area (Å²) in [4.78, 5) is 37.7. The van der Waals surface area contributed by atoms with Crippen LogP contribution in [-0.4, -0.2) is 37.2 Å². The SMILES string of the molecule is CC/C=C\C/C=C\C/C=C\C/C=C\C/C=C\CC(=O)OC(COC(=O)CCCCCCCCC/C=C\CCCCCCCC)COC(=O)CCCCCCCCCCC. The van der Waals surface area contributed by atoms with Crippen molar-refractivity contribution in [3.05, 3.63) is 72.9 Å². The molecule has 0 saturated carbocycles.